The number of hydrogen-bond acceptors (Lipinski definition) is 3. The van der Waals surface area contributed by atoms with E-state index >= 15 is 0 Å². The fourth-order valence-electron chi connectivity index (χ4n) is 1.68. The lowest BCUT2D eigenvalue weighted by atomic mass is 9.97. The van der Waals surface area contributed by atoms with Crippen LogP contribution in [0.2, 0.25) is 0 Å². The van der Waals surface area contributed by atoms with Crippen molar-refractivity contribution in [3.63, 3.8) is 0 Å². The molecule has 1 aromatic rings. The summed E-state index contributed by atoms with van der Waals surface area (Å²) in [5.41, 5.74) is 1.99. The van der Waals surface area contributed by atoms with E-state index in [1.807, 2.05) is 0 Å². The third-order valence-electron chi connectivity index (χ3n) is 2.49. The summed E-state index contributed by atoms with van der Waals surface area (Å²) in [6.45, 7) is 0. The van der Waals surface area contributed by atoms with Crippen LogP contribution in [0, 0.1) is 0 Å². The third-order valence-corrected chi connectivity index (χ3v) is 2.49. The predicted molar refractivity (Wildman–Crippen MR) is 55.4 cm³/mol. The maximum atomic E-state index is 10.6. The summed E-state index contributed by atoms with van der Waals surface area (Å²) in [7, 11) is 0. The van der Waals surface area contributed by atoms with Gasteiger partial charge in [0.1, 0.15) is 0 Å². The SMILES string of the molecule is O=C(O)c1cnc(C2=CCCCC2)cn1. The van der Waals surface area contributed by atoms with E-state index in [4.69, 9.17) is 5.11 Å². The van der Waals surface area contributed by atoms with Crippen LogP contribution in [0.5, 0.6) is 0 Å². The molecule has 0 saturated carbocycles. The first-order chi connectivity index (χ1) is 7.27. The molecule has 1 heterocycles. The third kappa shape index (κ3) is 2.21. The molecule has 0 bridgehead atoms. The van der Waals surface area contributed by atoms with Gasteiger partial charge in [0.25, 0.3) is 0 Å². The molecular weight excluding hydrogens is 192 g/mol. The molecule has 0 saturated heterocycles. The van der Waals surface area contributed by atoms with Crippen LogP contribution >= 0.6 is 0 Å². The van der Waals surface area contributed by atoms with Gasteiger partial charge in [0.15, 0.2) is 5.69 Å². The molecule has 0 fully saturated rings. The zero-order valence-corrected chi connectivity index (χ0v) is 8.31. The van der Waals surface area contributed by atoms with Gasteiger partial charge in [0.05, 0.1) is 18.1 Å². The Morgan fingerprint density at radius 1 is 1.27 bits per heavy atom. The van der Waals surface area contributed by atoms with Crippen molar-refractivity contribution in [3.8, 4) is 0 Å². The molecule has 1 aliphatic carbocycles. The van der Waals surface area contributed by atoms with E-state index < -0.39 is 5.97 Å². The summed E-state index contributed by atoms with van der Waals surface area (Å²) < 4.78 is 0. The Morgan fingerprint density at radius 2 is 2.13 bits per heavy atom. The lowest BCUT2D eigenvalue weighted by molar-refractivity contribution is 0.0690. The van der Waals surface area contributed by atoms with Crippen LogP contribution in [0.4, 0.5) is 0 Å². The smallest absolute Gasteiger partial charge is 0.356 e. The van der Waals surface area contributed by atoms with Gasteiger partial charge in [-0.1, -0.05) is 6.08 Å². The Hall–Kier alpha value is -1.71. The molecule has 0 aromatic carbocycles. The van der Waals surface area contributed by atoms with E-state index in [9.17, 15) is 4.79 Å². The van der Waals surface area contributed by atoms with Crippen LogP contribution < -0.4 is 0 Å². The van der Waals surface area contributed by atoms with Crippen molar-refractivity contribution in [2.24, 2.45) is 0 Å². The Bertz CT molecular complexity index is 396. The van der Waals surface area contributed by atoms with Crippen molar-refractivity contribution in [2.45, 2.75) is 25.7 Å². The number of rotatable bonds is 2. The standard InChI is InChI=1S/C11H12N2O2/c14-11(15)10-7-12-9(6-13-10)8-4-2-1-3-5-8/h4,6-7H,1-3,5H2,(H,14,15). The number of carbonyl (C=O) groups is 1. The molecule has 4 heteroatoms. The lowest BCUT2D eigenvalue weighted by Crippen LogP contribution is -2.03. The quantitative estimate of drug-likeness (QED) is 0.801. The van der Waals surface area contributed by atoms with E-state index in [0.29, 0.717) is 0 Å². The molecule has 15 heavy (non-hydrogen) atoms. The highest BCUT2D eigenvalue weighted by Crippen LogP contribution is 2.24. The first-order valence-corrected chi connectivity index (χ1v) is 5.02. The number of allylic oxidation sites excluding steroid dienone is 2. The maximum absolute atomic E-state index is 10.6. The van der Waals surface area contributed by atoms with Crippen molar-refractivity contribution >= 4 is 11.5 Å². The summed E-state index contributed by atoms with van der Waals surface area (Å²) in [5.74, 6) is -1.04. The van der Waals surface area contributed by atoms with Crippen LogP contribution in [0.15, 0.2) is 18.5 Å². The van der Waals surface area contributed by atoms with Crippen molar-refractivity contribution < 1.29 is 9.90 Å². The number of carboxylic acid groups (broad SMARTS) is 1. The highest BCUT2D eigenvalue weighted by molar-refractivity contribution is 5.85. The van der Waals surface area contributed by atoms with Gasteiger partial charge < -0.3 is 5.11 Å². The molecule has 0 amide bonds. The van der Waals surface area contributed by atoms with Crippen LogP contribution in [0.1, 0.15) is 41.9 Å². The second-order valence-corrected chi connectivity index (χ2v) is 3.57. The minimum Gasteiger partial charge on any atom is -0.476 e. The molecule has 1 aliphatic rings. The van der Waals surface area contributed by atoms with Crippen LogP contribution in [-0.2, 0) is 0 Å². The minimum atomic E-state index is -1.04. The molecule has 1 N–H and O–H groups in total. The molecule has 0 atom stereocenters. The van der Waals surface area contributed by atoms with Gasteiger partial charge in [-0.15, -0.1) is 0 Å². The molecule has 78 valence electrons. The molecule has 2 rings (SSSR count). The van der Waals surface area contributed by atoms with Gasteiger partial charge >= 0.3 is 5.97 Å². The van der Waals surface area contributed by atoms with Gasteiger partial charge in [-0.3, -0.25) is 4.98 Å². The van der Waals surface area contributed by atoms with Gasteiger partial charge in [0.2, 0.25) is 0 Å². The number of carboxylic acids is 1. The number of hydrogen-bond donors (Lipinski definition) is 1. The van der Waals surface area contributed by atoms with E-state index in [2.05, 4.69) is 16.0 Å². The number of nitrogens with zero attached hydrogens (tertiary/aromatic N) is 2. The van der Waals surface area contributed by atoms with Gasteiger partial charge in [-0.25, -0.2) is 9.78 Å². The van der Waals surface area contributed by atoms with Gasteiger partial charge in [-0.05, 0) is 31.3 Å². The highest BCUT2D eigenvalue weighted by atomic mass is 16.4. The van der Waals surface area contributed by atoms with E-state index in [0.717, 1.165) is 18.5 Å². The lowest BCUT2D eigenvalue weighted by Gasteiger charge is -2.11. The molecule has 0 spiro atoms. The first kappa shape index (κ1) is 9.83. The summed E-state index contributed by atoms with van der Waals surface area (Å²) in [6.07, 6.45) is 9.51. The number of aromatic carboxylic acids is 1. The zero-order chi connectivity index (χ0) is 10.7. The van der Waals surface area contributed by atoms with E-state index in [1.165, 1.54) is 24.6 Å². The summed E-state index contributed by atoms with van der Waals surface area (Å²) in [5, 5.41) is 8.67. The second-order valence-electron chi connectivity index (χ2n) is 3.57. The zero-order valence-electron chi connectivity index (χ0n) is 8.31. The van der Waals surface area contributed by atoms with Gasteiger partial charge in [0, 0.05) is 0 Å². The molecule has 1 aromatic heterocycles. The fraction of sp³-hybridized carbons (Fsp3) is 0.364. The average Bonchev–Trinajstić information content (AvgIpc) is 2.30. The summed E-state index contributed by atoms with van der Waals surface area (Å²) >= 11 is 0. The Labute approximate surface area is 87.7 Å². The van der Waals surface area contributed by atoms with Gasteiger partial charge in [-0.2, -0.15) is 0 Å². The van der Waals surface area contributed by atoms with Crippen molar-refractivity contribution in [3.05, 3.63) is 29.9 Å². The maximum Gasteiger partial charge on any atom is 0.356 e. The van der Waals surface area contributed by atoms with Crippen LogP contribution in [-0.4, -0.2) is 21.0 Å². The van der Waals surface area contributed by atoms with Crippen LogP contribution in [0.25, 0.3) is 5.57 Å². The number of aromatic nitrogens is 2. The highest BCUT2D eigenvalue weighted by Gasteiger charge is 2.09. The average molecular weight is 204 g/mol. The Kier molecular flexibility index (Phi) is 2.76. The minimum absolute atomic E-state index is 0.00448. The summed E-state index contributed by atoms with van der Waals surface area (Å²) in [6, 6.07) is 0. The topological polar surface area (TPSA) is 63.1 Å². The molecule has 4 nitrogen and oxygen atoms in total. The molecule has 0 unspecified atom stereocenters. The molecular formula is C11H12N2O2. The van der Waals surface area contributed by atoms with Crippen molar-refractivity contribution in [1.82, 2.24) is 9.97 Å². The van der Waals surface area contributed by atoms with E-state index in [-0.39, 0.29) is 5.69 Å². The predicted octanol–water partition coefficient (Wildman–Crippen LogP) is 2.13. The first-order valence-electron chi connectivity index (χ1n) is 5.02. The van der Waals surface area contributed by atoms with Crippen molar-refractivity contribution in [2.75, 3.05) is 0 Å². The summed E-state index contributed by atoms with van der Waals surface area (Å²) in [4.78, 5) is 18.5. The largest absolute Gasteiger partial charge is 0.476 e. The van der Waals surface area contributed by atoms with E-state index in [1.54, 1.807) is 6.20 Å². The fourth-order valence-corrected chi connectivity index (χ4v) is 1.68. The van der Waals surface area contributed by atoms with Crippen molar-refractivity contribution in [1.29, 1.82) is 0 Å². The Balaban J connectivity index is 2.23. The second kappa shape index (κ2) is 4.21. The normalized spacial score (nSPS) is 15.9. The monoisotopic (exact) mass is 204 g/mol. The molecule has 0 radical (unpaired) electrons. The van der Waals surface area contributed by atoms with Crippen LogP contribution in [0.3, 0.4) is 0 Å². The molecule has 0 aliphatic heterocycles. The Morgan fingerprint density at radius 3 is 2.67 bits per heavy atom.